The molecular weight excluding hydrogens is 216 g/mol. The zero-order valence-electron chi connectivity index (χ0n) is 8.96. The highest BCUT2D eigenvalue weighted by Crippen LogP contribution is 2.30. The molecule has 1 aromatic carbocycles. The molecule has 1 atom stereocenters. The molecule has 2 aromatic rings. The van der Waals surface area contributed by atoms with Crippen LogP contribution in [0.25, 0.3) is 0 Å². The van der Waals surface area contributed by atoms with Crippen LogP contribution in [0.2, 0.25) is 0 Å². The summed E-state index contributed by atoms with van der Waals surface area (Å²) >= 11 is 0. The smallest absolute Gasteiger partial charge is 0.340 e. The van der Waals surface area contributed by atoms with E-state index in [9.17, 15) is 4.79 Å². The van der Waals surface area contributed by atoms with E-state index in [0.717, 1.165) is 5.56 Å². The Hall–Kier alpha value is -2.36. The molecule has 4 heteroatoms. The minimum atomic E-state index is -0.450. The number of rotatable bonds is 2. The van der Waals surface area contributed by atoms with Crippen molar-refractivity contribution in [1.29, 1.82) is 0 Å². The van der Waals surface area contributed by atoms with Crippen LogP contribution in [0.3, 0.4) is 0 Å². The molecule has 4 nitrogen and oxygen atoms in total. The molecule has 0 unspecified atom stereocenters. The lowest BCUT2D eigenvalue weighted by Crippen LogP contribution is -2.11. The fraction of sp³-hybridized carbons (Fsp3) is 0.0769. The molecule has 0 amide bonds. The van der Waals surface area contributed by atoms with Crippen molar-refractivity contribution in [3.05, 3.63) is 59.8 Å². The van der Waals surface area contributed by atoms with Gasteiger partial charge in [-0.2, -0.15) is 0 Å². The van der Waals surface area contributed by atoms with Crippen LogP contribution >= 0.6 is 0 Å². The van der Waals surface area contributed by atoms with E-state index < -0.39 is 6.23 Å². The summed E-state index contributed by atoms with van der Waals surface area (Å²) in [5.41, 5.74) is 1.46. The number of esters is 1. The first-order valence-corrected chi connectivity index (χ1v) is 5.32. The van der Waals surface area contributed by atoms with Gasteiger partial charge in [-0.3, -0.25) is 0 Å². The molecule has 1 aliphatic rings. The fourth-order valence-corrected chi connectivity index (χ4v) is 1.84. The summed E-state index contributed by atoms with van der Waals surface area (Å²) < 4.78 is 5.25. The Bertz CT molecular complexity index is 554. The zero-order valence-corrected chi connectivity index (χ0v) is 8.96. The molecule has 17 heavy (non-hydrogen) atoms. The number of carbonyl (C=O) groups excluding carboxylic acids is 1. The quantitative estimate of drug-likeness (QED) is 0.799. The number of benzene rings is 1. The first kappa shape index (κ1) is 9.84. The summed E-state index contributed by atoms with van der Waals surface area (Å²) in [7, 11) is 0. The number of nitrogens with zero attached hydrogens (tertiary/aromatic N) is 1. The van der Waals surface area contributed by atoms with Gasteiger partial charge >= 0.3 is 5.97 Å². The van der Waals surface area contributed by atoms with Crippen molar-refractivity contribution in [3.8, 4) is 0 Å². The number of anilines is 1. The van der Waals surface area contributed by atoms with E-state index in [0.29, 0.717) is 11.4 Å². The third-order valence-corrected chi connectivity index (χ3v) is 2.63. The molecule has 2 heterocycles. The largest absolute Gasteiger partial charge is 0.434 e. The van der Waals surface area contributed by atoms with Crippen LogP contribution in [0.5, 0.6) is 0 Å². The van der Waals surface area contributed by atoms with Crippen molar-refractivity contribution in [2.45, 2.75) is 6.23 Å². The Balaban J connectivity index is 1.90. The van der Waals surface area contributed by atoms with Gasteiger partial charge in [0.2, 0.25) is 6.23 Å². The van der Waals surface area contributed by atoms with Crippen LogP contribution in [0, 0.1) is 0 Å². The van der Waals surface area contributed by atoms with Crippen molar-refractivity contribution < 1.29 is 9.53 Å². The molecule has 0 spiro atoms. The average Bonchev–Trinajstić information content (AvgIpc) is 2.69. The van der Waals surface area contributed by atoms with E-state index >= 15 is 0 Å². The van der Waals surface area contributed by atoms with Crippen molar-refractivity contribution in [3.63, 3.8) is 0 Å². The summed E-state index contributed by atoms with van der Waals surface area (Å²) in [5, 5.41) is 3.07. The highest BCUT2D eigenvalue weighted by Gasteiger charge is 2.30. The lowest BCUT2D eigenvalue weighted by atomic mass is 10.1. The molecule has 3 rings (SSSR count). The van der Waals surface area contributed by atoms with E-state index in [2.05, 4.69) is 10.3 Å². The van der Waals surface area contributed by atoms with Gasteiger partial charge in [-0.05, 0) is 18.2 Å². The Morgan fingerprint density at radius 3 is 2.76 bits per heavy atom. The molecule has 1 aliphatic heterocycles. The molecule has 1 N–H and O–H groups in total. The van der Waals surface area contributed by atoms with E-state index in [4.69, 9.17) is 4.74 Å². The standard InChI is InChI=1S/C13H10N2O2/c16-13-10-6-2-1-5-9(10)12(17-13)15-11-7-3-4-8-14-11/h1-8,12H,(H,14,15)/t12-/m1/s1. The van der Waals surface area contributed by atoms with Crippen LogP contribution in [-0.2, 0) is 4.74 Å². The second-order valence-electron chi connectivity index (χ2n) is 3.73. The van der Waals surface area contributed by atoms with Gasteiger partial charge in [0.05, 0.1) is 5.56 Å². The molecule has 0 saturated heterocycles. The molecule has 0 aliphatic carbocycles. The Labute approximate surface area is 98.3 Å². The number of hydrogen-bond donors (Lipinski definition) is 1. The summed E-state index contributed by atoms with van der Waals surface area (Å²) in [4.78, 5) is 15.7. The predicted molar refractivity (Wildman–Crippen MR) is 62.5 cm³/mol. The zero-order chi connectivity index (χ0) is 11.7. The normalized spacial score (nSPS) is 17.4. The predicted octanol–water partition coefficient (Wildman–Crippen LogP) is 2.36. The third-order valence-electron chi connectivity index (χ3n) is 2.63. The van der Waals surface area contributed by atoms with Crippen LogP contribution in [0.1, 0.15) is 22.1 Å². The monoisotopic (exact) mass is 226 g/mol. The minimum Gasteiger partial charge on any atom is -0.434 e. The maximum absolute atomic E-state index is 11.6. The second-order valence-corrected chi connectivity index (χ2v) is 3.73. The van der Waals surface area contributed by atoms with E-state index in [1.807, 2.05) is 36.4 Å². The van der Waals surface area contributed by atoms with Crippen LogP contribution in [0.4, 0.5) is 5.82 Å². The Kier molecular flexibility index (Phi) is 2.26. The summed E-state index contributed by atoms with van der Waals surface area (Å²) in [6.07, 6.45) is 1.24. The summed E-state index contributed by atoms with van der Waals surface area (Å²) in [5.74, 6) is 0.385. The highest BCUT2D eigenvalue weighted by molar-refractivity contribution is 5.94. The number of nitrogens with one attached hydrogen (secondary N) is 1. The molecule has 1 aromatic heterocycles. The lowest BCUT2D eigenvalue weighted by molar-refractivity contribution is 0.0436. The van der Waals surface area contributed by atoms with Gasteiger partial charge in [0.15, 0.2) is 0 Å². The lowest BCUT2D eigenvalue weighted by Gasteiger charge is -2.12. The second kappa shape index (κ2) is 3.90. The Morgan fingerprint density at radius 1 is 1.12 bits per heavy atom. The Morgan fingerprint density at radius 2 is 1.94 bits per heavy atom. The number of cyclic esters (lactones) is 1. The fourth-order valence-electron chi connectivity index (χ4n) is 1.84. The van der Waals surface area contributed by atoms with Gasteiger partial charge in [0.1, 0.15) is 5.82 Å². The van der Waals surface area contributed by atoms with Gasteiger partial charge < -0.3 is 10.1 Å². The SMILES string of the molecule is O=C1O[C@@H](Nc2ccccn2)c2ccccc21. The van der Waals surface area contributed by atoms with E-state index in [-0.39, 0.29) is 5.97 Å². The number of fused-ring (bicyclic) bond motifs is 1. The number of aromatic nitrogens is 1. The summed E-state index contributed by atoms with van der Waals surface area (Å²) in [6, 6.07) is 12.9. The topological polar surface area (TPSA) is 51.2 Å². The van der Waals surface area contributed by atoms with Crippen LogP contribution < -0.4 is 5.32 Å². The van der Waals surface area contributed by atoms with Crippen molar-refractivity contribution >= 4 is 11.8 Å². The number of carbonyl (C=O) groups is 1. The first-order valence-electron chi connectivity index (χ1n) is 5.32. The third kappa shape index (κ3) is 1.73. The first-order chi connectivity index (χ1) is 8.34. The average molecular weight is 226 g/mol. The van der Waals surface area contributed by atoms with E-state index in [1.54, 1.807) is 12.3 Å². The van der Waals surface area contributed by atoms with Gasteiger partial charge in [-0.15, -0.1) is 0 Å². The van der Waals surface area contributed by atoms with Crippen LogP contribution in [0.15, 0.2) is 48.7 Å². The molecular formula is C13H10N2O2. The number of ether oxygens (including phenoxy) is 1. The maximum atomic E-state index is 11.6. The van der Waals surface area contributed by atoms with Crippen molar-refractivity contribution in [1.82, 2.24) is 4.98 Å². The minimum absolute atomic E-state index is 0.297. The number of pyridine rings is 1. The van der Waals surface area contributed by atoms with E-state index in [1.165, 1.54) is 0 Å². The molecule has 0 fully saturated rings. The van der Waals surface area contributed by atoms with Crippen molar-refractivity contribution in [2.75, 3.05) is 5.32 Å². The van der Waals surface area contributed by atoms with Crippen molar-refractivity contribution in [2.24, 2.45) is 0 Å². The van der Waals surface area contributed by atoms with Gasteiger partial charge in [0.25, 0.3) is 0 Å². The summed E-state index contributed by atoms with van der Waals surface area (Å²) in [6.45, 7) is 0. The number of hydrogen-bond acceptors (Lipinski definition) is 4. The van der Waals surface area contributed by atoms with Gasteiger partial charge in [0, 0.05) is 11.8 Å². The maximum Gasteiger partial charge on any atom is 0.340 e. The molecule has 0 saturated carbocycles. The van der Waals surface area contributed by atoms with Gasteiger partial charge in [-0.25, -0.2) is 9.78 Å². The molecule has 0 radical (unpaired) electrons. The van der Waals surface area contributed by atoms with Gasteiger partial charge in [-0.1, -0.05) is 24.3 Å². The molecule has 0 bridgehead atoms. The van der Waals surface area contributed by atoms with Crippen LogP contribution in [-0.4, -0.2) is 11.0 Å². The highest BCUT2D eigenvalue weighted by atomic mass is 16.6. The molecule has 84 valence electrons.